The Bertz CT molecular complexity index is 300. The van der Waals surface area contributed by atoms with E-state index >= 15 is 0 Å². The lowest BCUT2D eigenvalue weighted by atomic mass is 9.98. The standard InChI is InChI=1S/C6H5F5N2O2/c7-5(8,6(9,10)11)2-1-12-4(15)13-3(2)14/h2H,1H2,(H2,12,13,14,15). The molecule has 4 nitrogen and oxygen atoms in total. The van der Waals surface area contributed by atoms with Gasteiger partial charge in [-0.3, -0.25) is 10.1 Å². The average Bonchev–Trinajstić information content (AvgIpc) is 2.00. The molecule has 0 aliphatic carbocycles. The van der Waals surface area contributed by atoms with Crippen LogP contribution in [0.15, 0.2) is 0 Å². The molecule has 15 heavy (non-hydrogen) atoms. The second-order valence-corrected chi connectivity index (χ2v) is 2.87. The van der Waals surface area contributed by atoms with E-state index in [1.54, 1.807) is 5.32 Å². The molecule has 1 heterocycles. The Hall–Kier alpha value is -1.41. The molecule has 1 atom stereocenters. The van der Waals surface area contributed by atoms with Gasteiger partial charge in [-0.1, -0.05) is 0 Å². The largest absolute Gasteiger partial charge is 0.454 e. The van der Waals surface area contributed by atoms with Crippen molar-refractivity contribution in [3.63, 3.8) is 0 Å². The van der Waals surface area contributed by atoms with Crippen LogP contribution < -0.4 is 10.6 Å². The van der Waals surface area contributed by atoms with E-state index in [-0.39, 0.29) is 0 Å². The van der Waals surface area contributed by atoms with Crippen molar-refractivity contribution in [1.29, 1.82) is 0 Å². The van der Waals surface area contributed by atoms with Crippen LogP contribution >= 0.6 is 0 Å². The molecule has 0 radical (unpaired) electrons. The van der Waals surface area contributed by atoms with Crippen LogP contribution in [0.2, 0.25) is 0 Å². The molecule has 0 bridgehead atoms. The van der Waals surface area contributed by atoms with Gasteiger partial charge >= 0.3 is 18.1 Å². The van der Waals surface area contributed by atoms with E-state index in [0.717, 1.165) is 0 Å². The lowest BCUT2D eigenvalue weighted by Crippen LogP contribution is -2.60. The topological polar surface area (TPSA) is 58.2 Å². The van der Waals surface area contributed by atoms with Crippen LogP contribution in [-0.2, 0) is 4.79 Å². The molecule has 1 fully saturated rings. The minimum atomic E-state index is -5.82. The van der Waals surface area contributed by atoms with E-state index in [9.17, 15) is 31.5 Å². The molecular weight excluding hydrogens is 227 g/mol. The fourth-order valence-corrected chi connectivity index (χ4v) is 1.02. The van der Waals surface area contributed by atoms with E-state index in [1.807, 2.05) is 0 Å². The summed E-state index contributed by atoms with van der Waals surface area (Å²) in [5.41, 5.74) is 0. The fraction of sp³-hybridized carbons (Fsp3) is 0.667. The first-order valence-corrected chi connectivity index (χ1v) is 3.69. The minimum Gasteiger partial charge on any atom is -0.337 e. The van der Waals surface area contributed by atoms with Gasteiger partial charge in [0.2, 0.25) is 5.91 Å². The predicted octanol–water partition coefficient (Wildman–Crippen LogP) is 0.640. The maximum Gasteiger partial charge on any atom is 0.454 e. The van der Waals surface area contributed by atoms with Crippen LogP contribution in [-0.4, -0.2) is 30.6 Å². The number of nitrogens with one attached hydrogen (secondary N) is 2. The highest BCUT2D eigenvalue weighted by Crippen LogP contribution is 2.41. The number of hydrogen-bond donors (Lipinski definition) is 2. The van der Waals surface area contributed by atoms with Gasteiger partial charge in [0.05, 0.1) is 0 Å². The molecule has 2 N–H and O–H groups in total. The molecule has 3 amide bonds. The summed E-state index contributed by atoms with van der Waals surface area (Å²) in [5.74, 6) is -9.43. The monoisotopic (exact) mass is 232 g/mol. The van der Waals surface area contributed by atoms with Crippen LogP contribution in [0.25, 0.3) is 0 Å². The van der Waals surface area contributed by atoms with Gasteiger partial charge < -0.3 is 5.32 Å². The van der Waals surface area contributed by atoms with Gasteiger partial charge in [0.25, 0.3) is 0 Å². The van der Waals surface area contributed by atoms with Gasteiger partial charge in [0, 0.05) is 6.54 Å². The van der Waals surface area contributed by atoms with Gasteiger partial charge in [0.1, 0.15) is 5.92 Å². The number of carbonyl (C=O) groups excluding carboxylic acids is 2. The van der Waals surface area contributed by atoms with Crippen molar-refractivity contribution in [2.24, 2.45) is 5.92 Å². The highest BCUT2D eigenvalue weighted by atomic mass is 19.4. The second-order valence-electron chi connectivity index (χ2n) is 2.87. The third kappa shape index (κ3) is 2.00. The van der Waals surface area contributed by atoms with Crippen molar-refractivity contribution in [2.75, 3.05) is 6.54 Å². The Kier molecular flexibility index (Phi) is 2.58. The Balaban J connectivity index is 2.89. The smallest absolute Gasteiger partial charge is 0.337 e. The zero-order valence-electron chi connectivity index (χ0n) is 6.99. The minimum absolute atomic E-state index is 1.04. The summed E-state index contributed by atoms with van der Waals surface area (Å²) in [6, 6.07) is -1.09. The SMILES string of the molecule is O=C1NCC(C(F)(F)C(F)(F)F)C(=O)N1. The summed E-state index contributed by atoms with van der Waals surface area (Å²) in [7, 11) is 0. The van der Waals surface area contributed by atoms with Crippen molar-refractivity contribution in [3.05, 3.63) is 0 Å². The number of imide groups is 1. The summed E-state index contributed by atoms with van der Waals surface area (Å²) < 4.78 is 60.9. The Labute approximate surface area is 79.8 Å². The van der Waals surface area contributed by atoms with E-state index in [4.69, 9.17) is 0 Å². The van der Waals surface area contributed by atoms with Crippen LogP contribution in [0.3, 0.4) is 0 Å². The first kappa shape index (κ1) is 11.7. The Morgan fingerprint density at radius 1 is 1.13 bits per heavy atom. The van der Waals surface area contributed by atoms with Crippen LogP contribution in [0, 0.1) is 5.92 Å². The van der Waals surface area contributed by atoms with E-state index < -0.39 is 36.5 Å². The molecule has 1 aliphatic rings. The van der Waals surface area contributed by atoms with Crippen LogP contribution in [0.1, 0.15) is 0 Å². The van der Waals surface area contributed by atoms with Crippen LogP contribution in [0.5, 0.6) is 0 Å². The number of halogens is 5. The normalized spacial score (nSPS) is 23.4. The molecule has 0 aromatic carbocycles. The molecular formula is C6H5F5N2O2. The number of alkyl halides is 5. The molecule has 1 unspecified atom stereocenters. The van der Waals surface area contributed by atoms with Gasteiger partial charge in [0.15, 0.2) is 0 Å². The molecule has 0 saturated carbocycles. The van der Waals surface area contributed by atoms with E-state index in [0.29, 0.717) is 0 Å². The average molecular weight is 232 g/mol. The van der Waals surface area contributed by atoms with Crippen molar-refractivity contribution in [2.45, 2.75) is 12.1 Å². The number of amides is 3. The summed E-state index contributed by atoms with van der Waals surface area (Å²) in [4.78, 5) is 21.2. The molecule has 0 spiro atoms. The second kappa shape index (κ2) is 3.31. The van der Waals surface area contributed by atoms with Crippen molar-refractivity contribution >= 4 is 11.9 Å². The summed E-state index contributed by atoms with van der Waals surface area (Å²) in [6.07, 6.45) is -5.82. The number of hydrogen-bond acceptors (Lipinski definition) is 2. The first-order chi connectivity index (χ1) is 6.66. The lowest BCUT2D eigenvalue weighted by molar-refractivity contribution is -0.298. The quantitative estimate of drug-likeness (QED) is 0.652. The molecule has 1 saturated heterocycles. The molecule has 0 aromatic rings. The van der Waals surface area contributed by atoms with Crippen molar-refractivity contribution < 1.29 is 31.5 Å². The predicted molar refractivity (Wildman–Crippen MR) is 36.0 cm³/mol. The van der Waals surface area contributed by atoms with E-state index in [1.165, 1.54) is 5.32 Å². The highest BCUT2D eigenvalue weighted by molar-refractivity contribution is 5.98. The molecule has 86 valence electrons. The zero-order chi connectivity index (χ0) is 11.9. The van der Waals surface area contributed by atoms with Crippen LogP contribution in [0.4, 0.5) is 26.7 Å². The zero-order valence-corrected chi connectivity index (χ0v) is 6.99. The molecule has 1 rings (SSSR count). The van der Waals surface area contributed by atoms with Gasteiger partial charge in [-0.25, -0.2) is 4.79 Å². The molecule has 0 aromatic heterocycles. The fourth-order valence-electron chi connectivity index (χ4n) is 1.02. The third-order valence-electron chi connectivity index (χ3n) is 1.84. The summed E-state index contributed by atoms with van der Waals surface area (Å²) in [6.45, 7) is -1.04. The van der Waals surface area contributed by atoms with E-state index in [2.05, 4.69) is 0 Å². The lowest BCUT2D eigenvalue weighted by Gasteiger charge is -2.30. The number of rotatable bonds is 1. The maximum absolute atomic E-state index is 12.7. The number of urea groups is 1. The summed E-state index contributed by atoms with van der Waals surface area (Å²) in [5, 5.41) is 3.03. The molecule has 9 heteroatoms. The number of carbonyl (C=O) groups is 2. The van der Waals surface area contributed by atoms with Crippen molar-refractivity contribution in [3.8, 4) is 0 Å². The molecule has 1 aliphatic heterocycles. The maximum atomic E-state index is 12.7. The highest BCUT2D eigenvalue weighted by Gasteiger charge is 2.65. The van der Waals surface area contributed by atoms with Gasteiger partial charge in [-0.2, -0.15) is 22.0 Å². The Morgan fingerprint density at radius 2 is 1.67 bits per heavy atom. The van der Waals surface area contributed by atoms with Crippen molar-refractivity contribution in [1.82, 2.24) is 10.6 Å². The van der Waals surface area contributed by atoms with Gasteiger partial charge in [-0.05, 0) is 0 Å². The third-order valence-corrected chi connectivity index (χ3v) is 1.84. The Morgan fingerprint density at radius 3 is 2.07 bits per heavy atom. The van der Waals surface area contributed by atoms with Gasteiger partial charge in [-0.15, -0.1) is 0 Å². The summed E-state index contributed by atoms with van der Waals surface area (Å²) >= 11 is 0. The first-order valence-electron chi connectivity index (χ1n) is 3.69.